The topological polar surface area (TPSA) is 108 Å². The van der Waals surface area contributed by atoms with Crippen LogP contribution in [0.3, 0.4) is 0 Å². The van der Waals surface area contributed by atoms with Crippen molar-refractivity contribution in [2.75, 3.05) is 44.3 Å². The minimum absolute atomic E-state index is 0.172. The number of imide groups is 1. The Bertz CT molecular complexity index is 1020. The van der Waals surface area contributed by atoms with Crippen LogP contribution < -0.4 is 10.2 Å². The number of hydrogen-bond acceptors (Lipinski definition) is 7. The highest BCUT2D eigenvalue weighted by atomic mass is 16.6. The maximum atomic E-state index is 13.0. The van der Waals surface area contributed by atoms with Gasteiger partial charge >= 0.3 is 6.09 Å². The van der Waals surface area contributed by atoms with Gasteiger partial charge in [0, 0.05) is 50.4 Å². The number of nitrogens with one attached hydrogen (secondary N) is 1. The zero-order valence-corrected chi connectivity index (χ0v) is 21.4. The Morgan fingerprint density at radius 2 is 1.81 bits per heavy atom. The maximum absolute atomic E-state index is 13.0. The second kappa shape index (κ2) is 10.9. The SMILES string of the molecule is CC(C)(C)OC(=O)N1CCCCN(c2ccc3c(c2)CN(C2CCC(=O)NC2=O)C3=O)CCOCC1. The number of benzene rings is 1. The summed E-state index contributed by atoms with van der Waals surface area (Å²) >= 11 is 0. The molecule has 1 aromatic carbocycles. The molecule has 3 aliphatic heterocycles. The Labute approximate surface area is 211 Å². The summed E-state index contributed by atoms with van der Waals surface area (Å²) in [5.41, 5.74) is 1.95. The molecule has 1 atom stereocenters. The fourth-order valence-electron chi connectivity index (χ4n) is 4.81. The van der Waals surface area contributed by atoms with Gasteiger partial charge in [-0.25, -0.2) is 4.79 Å². The summed E-state index contributed by atoms with van der Waals surface area (Å²) < 4.78 is 11.4. The molecule has 1 aromatic rings. The zero-order chi connectivity index (χ0) is 25.9. The third-order valence-corrected chi connectivity index (χ3v) is 6.64. The first kappa shape index (κ1) is 25.9. The first-order chi connectivity index (χ1) is 17.1. The molecule has 36 heavy (non-hydrogen) atoms. The molecule has 3 aliphatic rings. The van der Waals surface area contributed by atoms with Crippen LogP contribution in [-0.2, 0) is 25.6 Å². The molecule has 10 heteroatoms. The van der Waals surface area contributed by atoms with Gasteiger partial charge in [0.25, 0.3) is 5.91 Å². The molecule has 0 bridgehead atoms. The second-order valence-corrected chi connectivity index (χ2v) is 10.5. The van der Waals surface area contributed by atoms with Crippen LogP contribution in [0.5, 0.6) is 0 Å². The summed E-state index contributed by atoms with van der Waals surface area (Å²) in [5.74, 6) is -0.870. The number of fused-ring (bicyclic) bond motifs is 1. The van der Waals surface area contributed by atoms with Crippen molar-refractivity contribution in [2.45, 2.75) is 64.6 Å². The van der Waals surface area contributed by atoms with E-state index in [0.29, 0.717) is 51.4 Å². The van der Waals surface area contributed by atoms with Crippen molar-refractivity contribution in [3.05, 3.63) is 29.3 Å². The van der Waals surface area contributed by atoms with Gasteiger partial charge in [0.05, 0.1) is 13.2 Å². The van der Waals surface area contributed by atoms with E-state index >= 15 is 0 Å². The molecule has 2 fully saturated rings. The van der Waals surface area contributed by atoms with Crippen LogP contribution in [0.15, 0.2) is 18.2 Å². The summed E-state index contributed by atoms with van der Waals surface area (Å²) in [6.07, 6.45) is 1.99. The number of piperidine rings is 1. The highest BCUT2D eigenvalue weighted by Crippen LogP contribution is 2.30. The highest BCUT2D eigenvalue weighted by Gasteiger charge is 2.39. The standard InChI is InChI=1S/C26H36N4O6/c1-26(2,3)36-25(34)29-11-5-4-10-28(12-14-35-15-13-29)19-6-7-20-18(16-19)17-30(24(20)33)21-8-9-22(31)27-23(21)32/h6-7,16,21H,4-5,8-15,17H2,1-3H3,(H,27,31,32). The first-order valence-electron chi connectivity index (χ1n) is 12.7. The third-order valence-electron chi connectivity index (χ3n) is 6.64. The maximum Gasteiger partial charge on any atom is 0.410 e. The van der Waals surface area contributed by atoms with E-state index < -0.39 is 17.6 Å². The van der Waals surface area contributed by atoms with Crippen LogP contribution in [-0.4, -0.2) is 84.7 Å². The lowest BCUT2D eigenvalue weighted by atomic mass is 10.0. The number of rotatable bonds is 2. The minimum Gasteiger partial charge on any atom is -0.444 e. The zero-order valence-electron chi connectivity index (χ0n) is 21.4. The Balaban J connectivity index is 1.40. The van der Waals surface area contributed by atoms with Crippen LogP contribution >= 0.6 is 0 Å². The monoisotopic (exact) mass is 500 g/mol. The molecule has 4 amide bonds. The minimum atomic E-state index is -0.620. The molecule has 0 aromatic heterocycles. The molecule has 4 rings (SSSR count). The number of anilines is 1. The molecule has 0 spiro atoms. The van der Waals surface area contributed by atoms with Crippen molar-refractivity contribution < 1.29 is 28.7 Å². The normalized spacial score (nSPS) is 22.1. The molecule has 10 nitrogen and oxygen atoms in total. The van der Waals surface area contributed by atoms with E-state index in [2.05, 4.69) is 10.2 Å². The van der Waals surface area contributed by atoms with Gasteiger partial charge < -0.3 is 24.2 Å². The van der Waals surface area contributed by atoms with Crippen molar-refractivity contribution in [1.82, 2.24) is 15.1 Å². The van der Waals surface area contributed by atoms with Crippen LogP contribution in [0.25, 0.3) is 0 Å². The average molecular weight is 501 g/mol. The molecule has 3 heterocycles. The molecular formula is C26H36N4O6. The number of amides is 4. The van der Waals surface area contributed by atoms with E-state index in [1.54, 1.807) is 9.80 Å². The average Bonchev–Trinajstić information content (AvgIpc) is 3.09. The van der Waals surface area contributed by atoms with Crippen molar-refractivity contribution in [3.8, 4) is 0 Å². The lowest BCUT2D eigenvalue weighted by molar-refractivity contribution is -0.136. The number of carbonyl (C=O) groups is 4. The second-order valence-electron chi connectivity index (χ2n) is 10.5. The van der Waals surface area contributed by atoms with Crippen LogP contribution in [0.4, 0.5) is 10.5 Å². The van der Waals surface area contributed by atoms with E-state index in [1.807, 2.05) is 39.0 Å². The number of hydrogen-bond donors (Lipinski definition) is 1. The lowest BCUT2D eigenvalue weighted by Crippen LogP contribution is -2.52. The fourth-order valence-corrected chi connectivity index (χ4v) is 4.81. The van der Waals surface area contributed by atoms with Crippen LogP contribution in [0.2, 0.25) is 0 Å². The molecule has 1 N–H and O–H groups in total. The van der Waals surface area contributed by atoms with E-state index in [4.69, 9.17) is 9.47 Å². The third kappa shape index (κ3) is 6.16. The van der Waals surface area contributed by atoms with Gasteiger partial charge in [0.1, 0.15) is 11.6 Å². The Morgan fingerprint density at radius 1 is 1.06 bits per heavy atom. The van der Waals surface area contributed by atoms with Gasteiger partial charge in [-0.05, 0) is 63.8 Å². The van der Waals surface area contributed by atoms with Gasteiger partial charge in [0.15, 0.2) is 0 Å². The lowest BCUT2D eigenvalue weighted by Gasteiger charge is -2.29. The van der Waals surface area contributed by atoms with Gasteiger partial charge in [-0.3, -0.25) is 19.7 Å². The smallest absolute Gasteiger partial charge is 0.410 e. The molecule has 196 valence electrons. The van der Waals surface area contributed by atoms with Crippen molar-refractivity contribution in [2.24, 2.45) is 0 Å². The summed E-state index contributed by atoms with van der Waals surface area (Å²) in [5, 5.41) is 2.34. The van der Waals surface area contributed by atoms with E-state index in [-0.39, 0.29) is 24.3 Å². The summed E-state index contributed by atoms with van der Waals surface area (Å²) in [6.45, 7) is 9.46. The molecule has 1 unspecified atom stereocenters. The van der Waals surface area contributed by atoms with Crippen molar-refractivity contribution >= 4 is 29.5 Å². The molecular weight excluding hydrogens is 464 g/mol. The number of ether oxygens (including phenoxy) is 2. The largest absolute Gasteiger partial charge is 0.444 e. The van der Waals surface area contributed by atoms with Crippen LogP contribution in [0, 0.1) is 0 Å². The number of carbonyl (C=O) groups excluding carboxylic acids is 4. The molecule has 0 radical (unpaired) electrons. The Morgan fingerprint density at radius 3 is 2.56 bits per heavy atom. The van der Waals surface area contributed by atoms with Gasteiger partial charge in [0.2, 0.25) is 11.8 Å². The van der Waals surface area contributed by atoms with Gasteiger partial charge in [-0.1, -0.05) is 0 Å². The first-order valence-corrected chi connectivity index (χ1v) is 12.7. The Kier molecular flexibility index (Phi) is 7.82. The predicted octanol–water partition coefficient (Wildman–Crippen LogP) is 2.30. The van der Waals surface area contributed by atoms with Gasteiger partial charge in [-0.15, -0.1) is 0 Å². The fraction of sp³-hybridized carbons (Fsp3) is 0.615. The van der Waals surface area contributed by atoms with E-state index in [9.17, 15) is 19.2 Å². The highest BCUT2D eigenvalue weighted by molar-refractivity contribution is 6.05. The molecule has 0 aliphatic carbocycles. The Hall–Kier alpha value is -3.14. The molecule has 2 saturated heterocycles. The quantitative estimate of drug-likeness (QED) is 0.621. The van der Waals surface area contributed by atoms with Crippen molar-refractivity contribution in [1.29, 1.82) is 0 Å². The summed E-state index contributed by atoms with van der Waals surface area (Å²) in [4.78, 5) is 54.9. The predicted molar refractivity (Wildman–Crippen MR) is 133 cm³/mol. The molecule has 0 saturated carbocycles. The summed E-state index contributed by atoms with van der Waals surface area (Å²) in [6, 6.07) is 5.17. The van der Waals surface area contributed by atoms with E-state index in [0.717, 1.165) is 30.6 Å². The summed E-state index contributed by atoms with van der Waals surface area (Å²) in [7, 11) is 0. The van der Waals surface area contributed by atoms with E-state index in [1.165, 1.54) is 0 Å². The van der Waals surface area contributed by atoms with Crippen molar-refractivity contribution in [3.63, 3.8) is 0 Å². The van der Waals surface area contributed by atoms with Gasteiger partial charge in [-0.2, -0.15) is 0 Å². The number of nitrogens with zero attached hydrogens (tertiary/aromatic N) is 3. The van der Waals surface area contributed by atoms with Crippen LogP contribution in [0.1, 0.15) is 62.4 Å².